The van der Waals surface area contributed by atoms with Crippen molar-refractivity contribution >= 4 is 23.3 Å². The first-order valence-corrected chi connectivity index (χ1v) is 6.51. The summed E-state index contributed by atoms with van der Waals surface area (Å²) in [5, 5.41) is 35.2. The zero-order chi connectivity index (χ0) is 17.7. The maximum atomic E-state index is 10.9. The van der Waals surface area contributed by atoms with Crippen molar-refractivity contribution in [1.29, 1.82) is 0 Å². The summed E-state index contributed by atoms with van der Waals surface area (Å²) in [6, 6.07) is 7.72. The first kappa shape index (κ1) is 16.7. The number of phenolic OH excluding ortho intramolecular Hbond substituents is 1. The number of nitrogens with zero attached hydrogens (tertiary/aromatic N) is 3. The van der Waals surface area contributed by atoms with Crippen LogP contribution in [0.15, 0.2) is 41.5 Å². The second kappa shape index (κ2) is 7.05. The van der Waals surface area contributed by atoms with Gasteiger partial charge in [-0.2, -0.15) is 5.10 Å². The number of hydrogen-bond acceptors (Lipinski definition) is 8. The Morgan fingerprint density at radius 3 is 2.29 bits per heavy atom. The maximum absolute atomic E-state index is 10.9. The van der Waals surface area contributed by atoms with E-state index in [4.69, 9.17) is 4.74 Å². The van der Waals surface area contributed by atoms with Gasteiger partial charge < -0.3 is 9.84 Å². The van der Waals surface area contributed by atoms with Crippen LogP contribution in [0.2, 0.25) is 0 Å². The number of nitro groups is 2. The van der Waals surface area contributed by atoms with Crippen molar-refractivity contribution < 1.29 is 19.7 Å². The lowest BCUT2D eigenvalue weighted by Crippen LogP contribution is -1.96. The van der Waals surface area contributed by atoms with E-state index in [1.54, 1.807) is 0 Å². The van der Waals surface area contributed by atoms with Crippen LogP contribution >= 0.6 is 0 Å². The van der Waals surface area contributed by atoms with Crippen molar-refractivity contribution in [3.8, 4) is 11.5 Å². The molecule has 2 rings (SSSR count). The van der Waals surface area contributed by atoms with E-state index in [0.717, 1.165) is 12.1 Å². The summed E-state index contributed by atoms with van der Waals surface area (Å²) in [7, 11) is 1.27. The standard InChI is InChI=1S/C14H12N4O6/c1-24-13-7-12(18(22)23)6-9(14(13)19)8-15-16-10-2-4-11(5-3-10)17(20)21/h2-8,16,19H,1H3/b15-8-. The molecule has 0 unspecified atom stereocenters. The molecule has 0 aliphatic carbocycles. The van der Waals surface area contributed by atoms with Gasteiger partial charge in [0.05, 0.1) is 34.9 Å². The lowest BCUT2D eigenvalue weighted by molar-refractivity contribution is -0.385. The van der Waals surface area contributed by atoms with Crippen LogP contribution in [0.1, 0.15) is 5.56 Å². The molecule has 0 heterocycles. The molecule has 10 heteroatoms. The van der Waals surface area contributed by atoms with E-state index >= 15 is 0 Å². The molecule has 0 aliphatic heterocycles. The number of benzene rings is 2. The Kier molecular flexibility index (Phi) is 4.90. The Bertz CT molecular complexity index is 804. The van der Waals surface area contributed by atoms with Gasteiger partial charge in [0, 0.05) is 23.8 Å². The van der Waals surface area contributed by atoms with Crippen molar-refractivity contribution in [2.24, 2.45) is 5.10 Å². The van der Waals surface area contributed by atoms with Crippen LogP contribution in [0.25, 0.3) is 0 Å². The van der Waals surface area contributed by atoms with Crippen LogP contribution < -0.4 is 10.2 Å². The maximum Gasteiger partial charge on any atom is 0.274 e. The molecule has 2 N–H and O–H groups in total. The number of nitro benzene ring substituents is 2. The lowest BCUT2D eigenvalue weighted by Gasteiger charge is -2.06. The highest BCUT2D eigenvalue weighted by Crippen LogP contribution is 2.33. The average molecular weight is 332 g/mol. The Hall–Kier alpha value is -3.69. The van der Waals surface area contributed by atoms with E-state index in [-0.39, 0.29) is 28.4 Å². The Morgan fingerprint density at radius 2 is 1.75 bits per heavy atom. The Balaban J connectivity index is 2.20. The molecule has 0 amide bonds. The van der Waals surface area contributed by atoms with E-state index < -0.39 is 9.85 Å². The van der Waals surface area contributed by atoms with Gasteiger partial charge in [0.15, 0.2) is 11.5 Å². The van der Waals surface area contributed by atoms with Crippen molar-refractivity contribution in [2.45, 2.75) is 0 Å². The number of methoxy groups -OCH3 is 1. The molecule has 0 atom stereocenters. The van der Waals surface area contributed by atoms with E-state index in [1.807, 2.05) is 0 Å². The lowest BCUT2D eigenvalue weighted by atomic mass is 10.2. The van der Waals surface area contributed by atoms with Gasteiger partial charge in [0.2, 0.25) is 0 Å². The van der Waals surface area contributed by atoms with Gasteiger partial charge in [-0.1, -0.05) is 0 Å². The predicted octanol–water partition coefficient (Wildman–Crippen LogP) is 2.66. The summed E-state index contributed by atoms with van der Waals surface area (Å²) in [6.45, 7) is 0. The van der Waals surface area contributed by atoms with Gasteiger partial charge in [0.1, 0.15) is 0 Å². The third kappa shape index (κ3) is 3.74. The summed E-state index contributed by atoms with van der Waals surface area (Å²) in [5.74, 6) is -0.349. The van der Waals surface area contributed by atoms with Crippen LogP contribution in [0.4, 0.5) is 17.1 Å². The zero-order valence-corrected chi connectivity index (χ0v) is 12.4. The number of aromatic hydroxyl groups is 1. The molecule has 0 aliphatic rings. The molecule has 124 valence electrons. The molecule has 0 aromatic heterocycles. The number of phenols is 1. The van der Waals surface area contributed by atoms with Crippen LogP contribution in [0, 0.1) is 20.2 Å². The molecule has 2 aromatic carbocycles. The fourth-order valence-corrected chi connectivity index (χ4v) is 1.81. The molecule has 0 bridgehead atoms. The molecular weight excluding hydrogens is 320 g/mol. The number of nitrogens with one attached hydrogen (secondary N) is 1. The molecule has 10 nitrogen and oxygen atoms in total. The van der Waals surface area contributed by atoms with Gasteiger partial charge >= 0.3 is 0 Å². The van der Waals surface area contributed by atoms with E-state index in [2.05, 4.69) is 10.5 Å². The molecule has 0 spiro atoms. The van der Waals surface area contributed by atoms with Gasteiger partial charge in [-0.3, -0.25) is 25.7 Å². The first-order chi connectivity index (χ1) is 11.4. The molecule has 0 saturated heterocycles. The van der Waals surface area contributed by atoms with Crippen molar-refractivity contribution in [3.63, 3.8) is 0 Å². The van der Waals surface area contributed by atoms with Crippen LogP contribution in [0.3, 0.4) is 0 Å². The fraction of sp³-hybridized carbons (Fsp3) is 0.0714. The molecule has 0 saturated carbocycles. The molecule has 0 radical (unpaired) electrons. The summed E-state index contributed by atoms with van der Waals surface area (Å²) >= 11 is 0. The molecule has 2 aromatic rings. The number of non-ortho nitro benzene ring substituents is 2. The second-order valence-electron chi connectivity index (χ2n) is 4.52. The van der Waals surface area contributed by atoms with E-state index in [1.165, 1.54) is 37.6 Å². The third-order valence-electron chi connectivity index (χ3n) is 3.00. The third-order valence-corrected chi connectivity index (χ3v) is 3.00. The van der Waals surface area contributed by atoms with Crippen LogP contribution in [-0.4, -0.2) is 28.3 Å². The highest BCUT2D eigenvalue weighted by atomic mass is 16.6. The molecule has 24 heavy (non-hydrogen) atoms. The SMILES string of the molecule is COc1cc([N+](=O)[O-])cc(/C=N\Nc2ccc([N+](=O)[O-])cc2)c1O. The highest BCUT2D eigenvalue weighted by molar-refractivity contribution is 5.86. The van der Waals surface area contributed by atoms with Crippen LogP contribution in [0.5, 0.6) is 11.5 Å². The van der Waals surface area contributed by atoms with Gasteiger partial charge in [-0.05, 0) is 12.1 Å². The van der Waals surface area contributed by atoms with Crippen LogP contribution in [-0.2, 0) is 0 Å². The summed E-state index contributed by atoms with van der Waals surface area (Å²) < 4.78 is 4.88. The summed E-state index contributed by atoms with van der Waals surface area (Å²) in [5.41, 5.74) is 2.82. The number of rotatable bonds is 6. The fourth-order valence-electron chi connectivity index (χ4n) is 1.81. The van der Waals surface area contributed by atoms with Crippen molar-refractivity contribution in [2.75, 3.05) is 12.5 Å². The number of hydrogen-bond donors (Lipinski definition) is 2. The largest absolute Gasteiger partial charge is 0.504 e. The predicted molar refractivity (Wildman–Crippen MR) is 85.6 cm³/mol. The normalized spacial score (nSPS) is 10.5. The summed E-state index contributed by atoms with van der Waals surface area (Å²) in [4.78, 5) is 20.3. The van der Waals surface area contributed by atoms with Gasteiger partial charge in [-0.25, -0.2) is 0 Å². The van der Waals surface area contributed by atoms with Gasteiger partial charge in [-0.15, -0.1) is 0 Å². The topological polar surface area (TPSA) is 140 Å². The minimum Gasteiger partial charge on any atom is -0.504 e. The second-order valence-corrected chi connectivity index (χ2v) is 4.52. The highest BCUT2D eigenvalue weighted by Gasteiger charge is 2.15. The number of anilines is 1. The first-order valence-electron chi connectivity index (χ1n) is 6.51. The van der Waals surface area contributed by atoms with Gasteiger partial charge in [0.25, 0.3) is 11.4 Å². The molecule has 0 fully saturated rings. The molecular formula is C14H12N4O6. The summed E-state index contributed by atoms with van der Waals surface area (Å²) in [6.07, 6.45) is 1.17. The Morgan fingerprint density at radius 1 is 1.12 bits per heavy atom. The minimum atomic E-state index is -0.622. The van der Waals surface area contributed by atoms with E-state index in [9.17, 15) is 25.3 Å². The smallest absolute Gasteiger partial charge is 0.274 e. The monoisotopic (exact) mass is 332 g/mol. The number of hydrazone groups is 1. The average Bonchev–Trinajstić information content (AvgIpc) is 2.56. The van der Waals surface area contributed by atoms with Crippen molar-refractivity contribution in [3.05, 3.63) is 62.2 Å². The minimum absolute atomic E-state index is 0.0546. The van der Waals surface area contributed by atoms with E-state index in [0.29, 0.717) is 5.69 Å². The Labute approximate surface area is 135 Å². The van der Waals surface area contributed by atoms with Crippen molar-refractivity contribution in [1.82, 2.24) is 0 Å². The quantitative estimate of drug-likeness (QED) is 0.470. The number of ether oxygens (including phenoxy) is 1. The zero-order valence-electron chi connectivity index (χ0n) is 12.4.